The number of fused-ring (bicyclic) bond motifs is 1. The Morgan fingerprint density at radius 2 is 1.59 bits per heavy atom. The van der Waals surface area contributed by atoms with Crippen molar-refractivity contribution in [3.8, 4) is 11.5 Å². The second-order valence-corrected chi connectivity index (χ2v) is 6.50. The molecule has 0 aliphatic carbocycles. The van der Waals surface area contributed by atoms with Gasteiger partial charge in [0.2, 0.25) is 0 Å². The first-order valence-electron chi connectivity index (χ1n) is 9.25. The second-order valence-electron chi connectivity index (χ2n) is 6.50. The summed E-state index contributed by atoms with van der Waals surface area (Å²) in [7, 11) is 0. The van der Waals surface area contributed by atoms with E-state index in [1.165, 1.54) is 0 Å². The predicted molar refractivity (Wildman–Crippen MR) is 108 cm³/mol. The topological polar surface area (TPSA) is 47.6 Å². The van der Waals surface area contributed by atoms with Crippen LogP contribution < -0.4 is 14.8 Å². The van der Waals surface area contributed by atoms with E-state index in [1.54, 1.807) is 6.92 Å². The fourth-order valence-corrected chi connectivity index (χ4v) is 2.93. The van der Waals surface area contributed by atoms with Crippen LogP contribution in [0.4, 0.5) is 0 Å². The van der Waals surface area contributed by atoms with Gasteiger partial charge < -0.3 is 14.8 Å². The summed E-state index contributed by atoms with van der Waals surface area (Å²) in [4.78, 5) is 12.5. The van der Waals surface area contributed by atoms with Crippen LogP contribution in [0.2, 0.25) is 0 Å². The van der Waals surface area contributed by atoms with Gasteiger partial charge >= 0.3 is 0 Å². The third-order valence-corrected chi connectivity index (χ3v) is 4.45. The van der Waals surface area contributed by atoms with Crippen molar-refractivity contribution in [2.75, 3.05) is 6.61 Å². The minimum atomic E-state index is -0.587. The average molecular weight is 363 g/mol. The van der Waals surface area contributed by atoms with Gasteiger partial charge in [-0.05, 0) is 61.4 Å². The van der Waals surface area contributed by atoms with Gasteiger partial charge in [0.25, 0.3) is 5.91 Å². The number of ether oxygens (including phenoxy) is 2. The normalized spacial score (nSPS) is 13.0. The molecule has 4 heteroatoms. The van der Waals surface area contributed by atoms with Crippen LogP contribution in [0, 0.1) is 0 Å². The quantitative estimate of drug-likeness (QED) is 0.650. The monoisotopic (exact) mass is 363 g/mol. The first-order chi connectivity index (χ1) is 13.1. The molecular formula is C23H25NO3. The summed E-state index contributed by atoms with van der Waals surface area (Å²) in [6, 6.07) is 21.5. The summed E-state index contributed by atoms with van der Waals surface area (Å²) in [6.07, 6.45) is -0.587. The zero-order valence-electron chi connectivity index (χ0n) is 15.9. The zero-order valence-corrected chi connectivity index (χ0v) is 15.9. The maximum absolute atomic E-state index is 12.5. The first kappa shape index (κ1) is 18.8. The lowest BCUT2D eigenvalue weighted by atomic mass is 10.1. The highest BCUT2D eigenvalue weighted by Gasteiger charge is 2.18. The third kappa shape index (κ3) is 4.79. The van der Waals surface area contributed by atoms with Gasteiger partial charge in [-0.25, -0.2) is 0 Å². The van der Waals surface area contributed by atoms with Crippen molar-refractivity contribution in [2.45, 2.75) is 32.9 Å². The van der Waals surface area contributed by atoms with Crippen molar-refractivity contribution < 1.29 is 14.3 Å². The Bertz CT molecular complexity index is 905. The zero-order chi connectivity index (χ0) is 19.2. The molecule has 3 aromatic carbocycles. The van der Waals surface area contributed by atoms with Crippen LogP contribution in [-0.2, 0) is 4.79 Å². The largest absolute Gasteiger partial charge is 0.494 e. The lowest BCUT2D eigenvalue weighted by molar-refractivity contribution is -0.127. The van der Waals surface area contributed by atoms with Gasteiger partial charge in [0.15, 0.2) is 6.10 Å². The van der Waals surface area contributed by atoms with Gasteiger partial charge in [-0.2, -0.15) is 0 Å². The summed E-state index contributed by atoms with van der Waals surface area (Å²) < 4.78 is 11.3. The fraction of sp³-hybridized carbons (Fsp3) is 0.261. The molecule has 1 N–H and O–H groups in total. The van der Waals surface area contributed by atoms with Crippen molar-refractivity contribution in [3.63, 3.8) is 0 Å². The molecule has 27 heavy (non-hydrogen) atoms. The van der Waals surface area contributed by atoms with Crippen molar-refractivity contribution in [1.82, 2.24) is 5.32 Å². The van der Waals surface area contributed by atoms with E-state index in [-0.39, 0.29) is 11.9 Å². The SMILES string of the molecule is CCOc1ccc([C@@H](C)NC(=O)[C@H](C)Oc2ccc3ccccc3c2)cc1. The van der Waals surface area contributed by atoms with E-state index < -0.39 is 6.10 Å². The number of carbonyl (C=O) groups excluding carboxylic acids is 1. The third-order valence-electron chi connectivity index (χ3n) is 4.45. The first-order valence-corrected chi connectivity index (χ1v) is 9.25. The molecule has 0 aromatic heterocycles. The standard InChI is InChI=1S/C23H25NO3/c1-4-26-21-12-9-18(10-13-21)16(2)24-23(25)17(3)27-22-14-11-19-7-5-6-8-20(19)15-22/h5-17H,4H2,1-3H3,(H,24,25)/t16-,17+/m1/s1. The molecule has 0 fully saturated rings. The highest BCUT2D eigenvalue weighted by molar-refractivity contribution is 5.84. The number of carbonyl (C=O) groups is 1. The summed E-state index contributed by atoms with van der Waals surface area (Å²) in [5.41, 5.74) is 1.02. The molecular weight excluding hydrogens is 338 g/mol. The Labute approximate surface area is 160 Å². The highest BCUT2D eigenvalue weighted by Crippen LogP contribution is 2.22. The maximum Gasteiger partial charge on any atom is 0.261 e. The molecule has 0 saturated carbocycles. The van der Waals surface area contributed by atoms with E-state index in [0.717, 1.165) is 22.1 Å². The molecule has 140 valence electrons. The molecule has 0 spiro atoms. The van der Waals surface area contributed by atoms with Gasteiger partial charge in [-0.3, -0.25) is 4.79 Å². The van der Waals surface area contributed by atoms with E-state index >= 15 is 0 Å². The van der Waals surface area contributed by atoms with Crippen LogP contribution in [0.1, 0.15) is 32.4 Å². The second kappa shape index (κ2) is 8.58. The highest BCUT2D eigenvalue weighted by atomic mass is 16.5. The van der Waals surface area contributed by atoms with E-state index in [1.807, 2.05) is 80.6 Å². The van der Waals surface area contributed by atoms with Gasteiger partial charge in [0.05, 0.1) is 12.6 Å². The number of hydrogen-bond acceptors (Lipinski definition) is 3. The van der Waals surface area contributed by atoms with Crippen molar-refractivity contribution in [1.29, 1.82) is 0 Å². The number of benzene rings is 3. The molecule has 1 amide bonds. The summed E-state index contributed by atoms with van der Waals surface area (Å²) >= 11 is 0. The Morgan fingerprint density at radius 1 is 0.926 bits per heavy atom. The Kier molecular flexibility index (Phi) is 5.97. The van der Waals surface area contributed by atoms with Crippen LogP contribution in [0.5, 0.6) is 11.5 Å². The molecule has 3 rings (SSSR count). The number of hydrogen-bond donors (Lipinski definition) is 1. The Morgan fingerprint density at radius 3 is 2.30 bits per heavy atom. The van der Waals surface area contributed by atoms with Crippen molar-refractivity contribution in [3.05, 3.63) is 72.3 Å². The van der Waals surface area contributed by atoms with E-state index in [0.29, 0.717) is 12.4 Å². The lowest BCUT2D eigenvalue weighted by Crippen LogP contribution is -2.37. The van der Waals surface area contributed by atoms with Gasteiger partial charge in [0.1, 0.15) is 11.5 Å². The summed E-state index contributed by atoms with van der Waals surface area (Å²) in [6.45, 7) is 6.30. The van der Waals surface area contributed by atoms with E-state index in [2.05, 4.69) is 5.32 Å². The minimum absolute atomic E-state index is 0.115. The number of rotatable bonds is 7. The number of nitrogens with one attached hydrogen (secondary N) is 1. The lowest BCUT2D eigenvalue weighted by Gasteiger charge is -2.19. The van der Waals surface area contributed by atoms with E-state index in [9.17, 15) is 4.79 Å². The van der Waals surface area contributed by atoms with Crippen molar-refractivity contribution >= 4 is 16.7 Å². The molecule has 0 bridgehead atoms. The Hall–Kier alpha value is -3.01. The summed E-state index contributed by atoms with van der Waals surface area (Å²) in [5.74, 6) is 1.36. The molecule has 0 saturated heterocycles. The minimum Gasteiger partial charge on any atom is -0.494 e. The van der Waals surface area contributed by atoms with Crippen LogP contribution in [0.25, 0.3) is 10.8 Å². The molecule has 0 heterocycles. The molecule has 0 radical (unpaired) electrons. The maximum atomic E-state index is 12.5. The average Bonchev–Trinajstić information content (AvgIpc) is 2.68. The van der Waals surface area contributed by atoms with E-state index in [4.69, 9.17) is 9.47 Å². The van der Waals surface area contributed by atoms with Crippen molar-refractivity contribution in [2.24, 2.45) is 0 Å². The van der Waals surface area contributed by atoms with Crippen LogP contribution in [0.15, 0.2) is 66.7 Å². The van der Waals surface area contributed by atoms with Gasteiger partial charge in [0, 0.05) is 0 Å². The molecule has 0 aliphatic rings. The van der Waals surface area contributed by atoms with Crippen LogP contribution >= 0.6 is 0 Å². The number of amides is 1. The van der Waals surface area contributed by atoms with Crippen LogP contribution in [-0.4, -0.2) is 18.6 Å². The smallest absolute Gasteiger partial charge is 0.261 e. The van der Waals surface area contributed by atoms with Gasteiger partial charge in [-0.15, -0.1) is 0 Å². The molecule has 0 aliphatic heterocycles. The molecule has 0 unspecified atom stereocenters. The summed E-state index contributed by atoms with van der Waals surface area (Å²) in [5, 5.41) is 5.23. The molecule has 2 atom stereocenters. The Balaban J connectivity index is 1.60. The molecule has 3 aromatic rings. The fourth-order valence-electron chi connectivity index (χ4n) is 2.93. The molecule has 4 nitrogen and oxygen atoms in total. The van der Waals surface area contributed by atoms with Gasteiger partial charge in [-0.1, -0.05) is 42.5 Å². The van der Waals surface area contributed by atoms with Crippen LogP contribution in [0.3, 0.4) is 0 Å². The predicted octanol–water partition coefficient (Wildman–Crippen LogP) is 4.88.